The maximum Gasteiger partial charge on any atom is 0.261 e. The van der Waals surface area contributed by atoms with Crippen molar-refractivity contribution in [2.45, 2.75) is 36.6 Å². The van der Waals surface area contributed by atoms with Crippen LogP contribution < -0.4 is 0 Å². The number of nitrogens with zero attached hydrogens (tertiary/aromatic N) is 1. The van der Waals surface area contributed by atoms with Crippen LogP contribution in [0.1, 0.15) is 20.8 Å². The first-order valence-electron chi connectivity index (χ1n) is 5.78. The van der Waals surface area contributed by atoms with Gasteiger partial charge < -0.3 is 0 Å². The number of halogens is 2. The topological polar surface area (TPSA) is 71.5 Å². The summed E-state index contributed by atoms with van der Waals surface area (Å²) in [5.41, 5.74) is 0. The fraction of sp³-hybridized carbons (Fsp3) is 0.455. The molecule has 0 aromatic heterocycles. The minimum Gasteiger partial charge on any atom is -0.207 e. The largest absolute Gasteiger partial charge is 0.261 e. The van der Waals surface area contributed by atoms with E-state index in [1.807, 2.05) is 0 Å². The Morgan fingerprint density at radius 3 is 2.15 bits per heavy atom. The summed E-state index contributed by atoms with van der Waals surface area (Å²) in [6, 6.07) is 2.13. The standard InChI is InChI=1S/C11H15ClFNO4S2/c1-4-14(8(2)3)20(17,18)11-6-5-9(7-10(11)13)19(12,15)16/h5-8H,4H2,1-3H3. The Morgan fingerprint density at radius 1 is 1.25 bits per heavy atom. The van der Waals surface area contributed by atoms with Gasteiger partial charge in [0, 0.05) is 23.3 Å². The molecule has 9 heteroatoms. The first kappa shape index (κ1) is 17.4. The monoisotopic (exact) mass is 343 g/mol. The number of hydrogen-bond acceptors (Lipinski definition) is 4. The molecule has 5 nitrogen and oxygen atoms in total. The molecule has 0 aliphatic heterocycles. The third kappa shape index (κ3) is 3.49. The van der Waals surface area contributed by atoms with Crippen molar-refractivity contribution in [1.29, 1.82) is 0 Å². The molecule has 1 aromatic carbocycles. The zero-order chi connectivity index (χ0) is 15.7. The maximum absolute atomic E-state index is 13.9. The molecule has 0 N–H and O–H groups in total. The molecule has 0 spiro atoms. The second kappa shape index (κ2) is 5.97. The molecule has 1 aromatic rings. The Kier molecular flexibility index (Phi) is 5.18. The summed E-state index contributed by atoms with van der Waals surface area (Å²) in [5.74, 6) is -1.15. The molecule has 1 rings (SSSR count). The van der Waals surface area contributed by atoms with E-state index < -0.39 is 34.7 Å². The summed E-state index contributed by atoms with van der Waals surface area (Å²) >= 11 is 0. The molecule has 0 aliphatic rings. The van der Waals surface area contributed by atoms with Crippen molar-refractivity contribution in [2.24, 2.45) is 0 Å². The predicted octanol–water partition coefficient (Wildman–Crippen LogP) is 2.17. The van der Waals surface area contributed by atoms with Gasteiger partial charge in [0.2, 0.25) is 10.0 Å². The van der Waals surface area contributed by atoms with Gasteiger partial charge in [-0.15, -0.1) is 0 Å². The highest BCUT2D eigenvalue weighted by Crippen LogP contribution is 2.24. The van der Waals surface area contributed by atoms with Gasteiger partial charge in [0.05, 0.1) is 4.90 Å². The van der Waals surface area contributed by atoms with Crippen molar-refractivity contribution >= 4 is 29.8 Å². The lowest BCUT2D eigenvalue weighted by atomic mass is 10.3. The van der Waals surface area contributed by atoms with Crippen molar-refractivity contribution in [1.82, 2.24) is 4.31 Å². The molecular formula is C11H15ClFNO4S2. The second-order valence-corrected chi connectivity index (χ2v) is 8.76. The minimum atomic E-state index is -4.11. The number of benzene rings is 1. The Balaban J connectivity index is 3.42. The highest BCUT2D eigenvalue weighted by atomic mass is 35.7. The molecule has 0 unspecified atom stereocenters. The van der Waals surface area contributed by atoms with Crippen LogP contribution in [0.25, 0.3) is 0 Å². The fourth-order valence-corrected chi connectivity index (χ4v) is 4.24. The molecule has 0 aliphatic carbocycles. The molecule has 0 saturated carbocycles. The van der Waals surface area contributed by atoms with Crippen molar-refractivity contribution in [3.05, 3.63) is 24.0 Å². The van der Waals surface area contributed by atoms with Crippen LogP contribution in [0.5, 0.6) is 0 Å². The van der Waals surface area contributed by atoms with Gasteiger partial charge in [-0.3, -0.25) is 0 Å². The first-order valence-corrected chi connectivity index (χ1v) is 9.52. The van der Waals surface area contributed by atoms with Crippen LogP contribution in [0.3, 0.4) is 0 Å². The van der Waals surface area contributed by atoms with E-state index in [4.69, 9.17) is 10.7 Å². The summed E-state index contributed by atoms with van der Waals surface area (Å²) in [6.07, 6.45) is 0. The molecular weight excluding hydrogens is 329 g/mol. The molecule has 0 heterocycles. The van der Waals surface area contributed by atoms with Gasteiger partial charge in [-0.1, -0.05) is 6.92 Å². The Labute approximate surface area is 122 Å². The lowest BCUT2D eigenvalue weighted by molar-refractivity contribution is 0.366. The second-order valence-electron chi connectivity index (χ2n) is 4.33. The Morgan fingerprint density at radius 2 is 1.80 bits per heavy atom. The van der Waals surface area contributed by atoms with Crippen molar-refractivity contribution in [3.8, 4) is 0 Å². The SMILES string of the molecule is CCN(C(C)C)S(=O)(=O)c1ccc(S(=O)(=O)Cl)cc1F. The highest BCUT2D eigenvalue weighted by molar-refractivity contribution is 8.13. The van der Waals surface area contributed by atoms with Gasteiger partial charge in [-0.05, 0) is 32.0 Å². The average molecular weight is 344 g/mol. The quantitative estimate of drug-likeness (QED) is 0.768. The van der Waals surface area contributed by atoms with Gasteiger partial charge in [0.15, 0.2) is 0 Å². The molecule has 0 atom stereocenters. The van der Waals surface area contributed by atoms with Gasteiger partial charge in [0.1, 0.15) is 10.7 Å². The van der Waals surface area contributed by atoms with E-state index in [9.17, 15) is 21.2 Å². The van der Waals surface area contributed by atoms with E-state index in [0.717, 1.165) is 16.4 Å². The highest BCUT2D eigenvalue weighted by Gasteiger charge is 2.29. The number of hydrogen-bond donors (Lipinski definition) is 0. The van der Waals surface area contributed by atoms with Crippen LogP contribution >= 0.6 is 10.7 Å². The summed E-state index contributed by atoms with van der Waals surface area (Å²) < 4.78 is 61.8. The molecule has 0 fully saturated rings. The summed E-state index contributed by atoms with van der Waals surface area (Å²) in [5, 5.41) is 0. The number of sulfonamides is 1. The van der Waals surface area contributed by atoms with E-state index >= 15 is 0 Å². The lowest BCUT2D eigenvalue weighted by Crippen LogP contribution is -2.37. The van der Waals surface area contributed by atoms with Crippen LogP contribution in [0.15, 0.2) is 28.0 Å². The number of rotatable bonds is 5. The lowest BCUT2D eigenvalue weighted by Gasteiger charge is -2.24. The first-order chi connectivity index (χ1) is 9.01. The normalized spacial score (nSPS) is 13.2. The van der Waals surface area contributed by atoms with E-state index in [2.05, 4.69) is 0 Å². The van der Waals surface area contributed by atoms with E-state index in [1.54, 1.807) is 20.8 Å². The third-order valence-corrected chi connectivity index (χ3v) is 6.19. The zero-order valence-electron chi connectivity index (χ0n) is 11.2. The third-order valence-electron chi connectivity index (χ3n) is 2.66. The van der Waals surface area contributed by atoms with Crippen LogP contribution in [-0.4, -0.2) is 33.7 Å². The van der Waals surface area contributed by atoms with Gasteiger partial charge in [-0.25, -0.2) is 21.2 Å². The predicted molar refractivity (Wildman–Crippen MR) is 74.1 cm³/mol. The maximum atomic E-state index is 13.9. The minimum absolute atomic E-state index is 0.176. The molecule has 0 bridgehead atoms. The molecule has 20 heavy (non-hydrogen) atoms. The van der Waals surface area contributed by atoms with Gasteiger partial charge >= 0.3 is 0 Å². The van der Waals surface area contributed by atoms with E-state index in [-0.39, 0.29) is 12.6 Å². The molecule has 114 valence electrons. The average Bonchev–Trinajstić information content (AvgIpc) is 2.26. The molecule has 0 saturated heterocycles. The van der Waals surface area contributed by atoms with Gasteiger partial charge in [0.25, 0.3) is 9.05 Å². The van der Waals surface area contributed by atoms with E-state index in [1.165, 1.54) is 0 Å². The van der Waals surface area contributed by atoms with Crippen molar-refractivity contribution in [3.63, 3.8) is 0 Å². The van der Waals surface area contributed by atoms with Crippen LogP contribution in [0.4, 0.5) is 4.39 Å². The fourth-order valence-electron chi connectivity index (χ4n) is 1.78. The van der Waals surface area contributed by atoms with Gasteiger partial charge in [-0.2, -0.15) is 4.31 Å². The Hall–Kier alpha value is -0.700. The van der Waals surface area contributed by atoms with Crippen molar-refractivity contribution in [2.75, 3.05) is 6.54 Å². The Bertz CT molecular complexity index is 701. The smallest absolute Gasteiger partial charge is 0.207 e. The molecule has 0 radical (unpaired) electrons. The summed E-state index contributed by atoms with van der Waals surface area (Å²) in [4.78, 5) is -1.06. The molecule has 0 amide bonds. The van der Waals surface area contributed by atoms with Crippen LogP contribution in [0.2, 0.25) is 0 Å². The summed E-state index contributed by atoms with van der Waals surface area (Å²) in [7, 11) is -3.05. The van der Waals surface area contributed by atoms with Crippen LogP contribution in [0, 0.1) is 5.82 Å². The van der Waals surface area contributed by atoms with Crippen molar-refractivity contribution < 1.29 is 21.2 Å². The summed E-state index contributed by atoms with van der Waals surface area (Å²) in [6.45, 7) is 5.13. The van der Waals surface area contributed by atoms with Crippen LogP contribution in [-0.2, 0) is 19.1 Å². The zero-order valence-corrected chi connectivity index (χ0v) is 13.6. The van der Waals surface area contributed by atoms with E-state index in [0.29, 0.717) is 6.07 Å².